The van der Waals surface area contributed by atoms with Crippen molar-refractivity contribution in [2.45, 2.75) is 13.0 Å². The van der Waals surface area contributed by atoms with E-state index in [0.29, 0.717) is 11.6 Å². The third kappa shape index (κ3) is 3.50. The lowest BCUT2D eigenvalue weighted by Crippen LogP contribution is -2.31. The Labute approximate surface area is 179 Å². The molecule has 6 nitrogen and oxygen atoms in total. The zero-order valence-electron chi connectivity index (χ0n) is 16.4. The van der Waals surface area contributed by atoms with E-state index in [1.807, 2.05) is 60.7 Å². The number of anilines is 1. The molecule has 0 bridgehead atoms. The molecule has 30 heavy (non-hydrogen) atoms. The Hall–Kier alpha value is -3.38. The lowest BCUT2D eigenvalue weighted by Gasteiger charge is -2.26. The van der Waals surface area contributed by atoms with Gasteiger partial charge in [0.2, 0.25) is 0 Å². The molecule has 0 unspecified atom stereocenters. The highest BCUT2D eigenvalue weighted by Gasteiger charge is 2.25. The molecule has 0 aliphatic carbocycles. The smallest absolute Gasteiger partial charge is 0.170 e. The summed E-state index contributed by atoms with van der Waals surface area (Å²) >= 11 is 6.00. The SMILES string of the molecule is COc1ccc(-c2ccc(N3CCc4c(noc4-c4ccc(Cl)cc4)C3)nn2)cc1. The zero-order valence-corrected chi connectivity index (χ0v) is 17.1. The lowest BCUT2D eigenvalue weighted by atomic mass is 10.0. The first kappa shape index (κ1) is 18.6. The van der Waals surface area contributed by atoms with Crippen LogP contribution in [0.4, 0.5) is 5.82 Å². The summed E-state index contributed by atoms with van der Waals surface area (Å²) in [6.07, 6.45) is 0.832. The van der Waals surface area contributed by atoms with E-state index >= 15 is 0 Å². The fourth-order valence-corrected chi connectivity index (χ4v) is 3.79. The molecule has 2 aromatic carbocycles. The van der Waals surface area contributed by atoms with Crippen molar-refractivity contribution in [3.63, 3.8) is 0 Å². The van der Waals surface area contributed by atoms with Crippen LogP contribution in [0.1, 0.15) is 11.3 Å². The maximum atomic E-state index is 6.00. The van der Waals surface area contributed by atoms with E-state index in [1.165, 1.54) is 0 Å². The van der Waals surface area contributed by atoms with Crippen LogP contribution >= 0.6 is 11.6 Å². The van der Waals surface area contributed by atoms with E-state index in [4.69, 9.17) is 20.9 Å². The molecule has 150 valence electrons. The van der Waals surface area contributed by atoms with Gasteiger partial charge in [-0.25, -0.2) is 0 Å². The Morgan fingerprint density at radius 2 is 1.70 bits per heavy atom. The zero-order chi connectivity index (χ0) is 20.5. The number of methoxy groups -OCH3 is 1. The molecule has 2 aromatic heterocycles. The molecule has 0 saturated carbocycles. The van der Waals surface area contributed by atoms with Gasteiger partial charge < -0.3 is 14.2 Å². The first-order chi connectivity index (χ1) is 14.7. The molecule has 4 aromatic rings. The van der Waals surface area contributed by atoms with Crippen LogP contribution in [-0.4, -0.2) is 29.0 Å². The van der Waals surface area contributed by atoms with Gasteiger partial charge in [-0.2, -0.15) is 0 Å². The average Bonchev–Trinajstić information content (AvgIpc) is 3.23. The molecule has 1 aliphatic rings. The van der Waals surface area contributed by atoms with Gasteiger partial charge in [0, 0.05) is 28.3 Å². The van der Waals surface area contributed by atoms with Crippen molar-refractivity contribution in [3.05, 3.63) is 76.9 Å². The van der Waals surface area contributed by atoms with Gasteiger partial charge in [-0.1, -0.05) is 16.8 Å². The topological polar surface area (TPSA) is 64.3 Å². The minimum Gasteiger partial charge on any atom is -0.497 e. The largest absolute Gasteiger partial charge is 0.497 e. The maximum Gasteiger partial charge on any atom is 0.170 e. The number of halogens is 1. The van der Waals surface area contributed by atoms with E-state index in [-0.39, 0.29) is 0 Å². The fraction of sp³-hybridized carbons (Fsp3) is 0.174. The first-order valence-electron chi connectivity index (χ1n) is 9.68. The lowest BCUT2D eigenvalue weighted by molar-refractivity contribution is 0.415. The maximum absolute atomic E-state index is 6.00. The second-order valence-electron chi connectivity index (χ2n) is 7.12. The molecule has 1 aliphatic heterocycles. The third-order valence-electron chi connectivity index (χ3n) is 5.31. The van der Waals surface area contributed by atoms with E-state index in [9.17, 15) is 0 Å². The highest BCUT2D eigenvalue weighted by Crippen LogP contribution is 2.32. The van der Waals surface area contributed by atoms with E-state index in [2.05, 4.69) is 20.3 Å². The minimum absolute atomic E-state index is 0.642. The number of fused-ring (bicyclic) bond motifs is 1. The molecule has 3 heterocycles. The van der Waals surface area contributed by atoms with Crippen LogP contribution < -0.4 is 9.64 Å². The van der Waals surface area contributed by atoms with Crippen LogP contribution in [0.25, 0.3) is 22.6 Å². The Kier molecular flexibility index (Phi) is 4.85. The number of benzene rings is 2. The second-order valence-corrected chi connectivity index (χ2v) is 7.56. The summed E-state index contributed by atoms with van der Waals surface area (Å²) in [4.78, 5) is 2.17. The Morgan fingerprint density at radius 1 is 0.933 bits per heavy atom. The average molecular weight is 419 g/mol. The minimum atomic E-state index is 0.642. The number of ether oxygens (including phenoxy) is 1. The van der Waals surface area contributed by atoms with E-state index in [0.717, 1.165) is 58.4 Å². The Balaban J connectivity index is 1.34. The van der Waals surface area contributed by atoms with Gasteiger partial charge in [-0.3, -0.25) is 0 Å². The highest BCUT2D eigenvalue weighted by atomic mass is 35.5. The predicted octanol–water partition coefficient (Wildman–Crippen LogP) is 5.02. The fourth-order valence-electron chi connectivity index (χ4n) is 3.66. The number of hydrogen-bond donors (Lipinski definition) is 0. The standard InChI is InChI=1S/C23H19ClN4O2/c1-29-18-8-4-15(5-9-18)20-10-11-22(26-25-20)28-13-12-19-21(14-28)27-30-23(19)16-2-6-17(24)7-3-16/h2-11H,12-14H2,1H3. The monoisotopic (exact) mass is 418 g/mol. The van der Waals surface area contributed by atoms with E-state index < -0.39 is 0 Å². The molecule has 7 heteroatoms. The molecule has 0 N–H and O–H groups in total. The molecule has 5 rings (SSSR count). The summed E-state index contributed by atoms with van der Waals surface area (Å²) in [7, 11) is 1.65. The number of aromatic nitrogens is 3. The Morgan fingerprint density at radius 3 is 2.40 bits per heavy atom. The molecular formula is C23H19ClN4O2. The second kappa shape index (κ2) is 7.80. The summed E-state index contributed by atoms with van der Waals surface area (Å²) in [5, 5.41) is 13.9. The molecule has 0 saturated heterocycles. The van der Waals surface area contributed by atoms with Crippen LogP contribution in [0.5, 0.6) is 5.75 Å². The van der Waals surface area contributed by atoms with Crippen LogP contribution in [-0.2, 0) is 13.0 Å². The summed E-state index contributed by atoms with van der Waals surface area (Å²) in [6.45, 7) is 1.47. The molecular weight excluding hydrogens is 400 g/mol. The van der Waals surface area contributed by atoms with Gasteiger partial charge >= 0.3 is 0 Å². The van der Waals surface area contributed by atoms with Crippen LogP contribution in [0, 0.1) is 0 Å². The molecule has 0 spiro atoms. The Bertz CT molecular complexity index is 1160. The number of rotatable bonds is 4. The van der Waals surface area contributed by atoms with Gasteiger partial charge in [0.15, 0.2) is 11.6 Å². The van der Waals surface area contributed by atoms with Gasteiger partial charge in [-0.05, 0) is 67.1 Å². The van der Waals surface area contributed by atoms with Gasteiger partial charge in [0.1, 0.15) is 11.4 Å². The van der Waals surface area contributed by atoms with Crippen LogP contribution in [0.15, 0.2) is 65.2 Å². The molecule has 0 fully saturated rings. The molecule has 0 radical (unpaired) electrons. The highest BCUT2D eigenvalue weighted by molar-refractivity contribution is 6.30. The van der Waals surface area contributed by atoms with Crippen molar-refractivity contribution in [2.24, 2.45) is 0 Å². The van der Waals surface area contributed by atoms with Crippen molar-refractivity contribution >= 4 is 17.4 Å². The summed E-state index contributed by atoms with van der Waals surface area (Å²) in [5.41, 5.74) is 4.90. The van der Waals surface area contributed by atoms with E-state index in [1.54, 1.807) is 7.11 Å². The summed E-state index contributed by atoms with van der Waals surface area (Å²) < 4.78 is 10.9. The van der Waals surface area contributed by atoms with Crippen molar-refractivity contribution in [1.82, 2.24) is 15.4 Å². The van der Waals surface area contributed by atoms with Gasteiger partial charge in [0.05, 0.1) is 19.3 Å². The van der Waals surface area contributed by atoms with Crippen molar-refractivity contribution in [3.8, 4) is 28.3 Å². The summed E-state index contributed by atoms with van der Waals surface area (Å²) in [5.74, 6) is 2.47. The number of hydrogen-bond acceptors (Lipinski definition) is 6. The van der Waals surface area contributed by atoms with Crippen molar-refractivity contribution in [1.29, 1.82) is 0 Å². The third-order valence-corrected chi connectivity index (χ3v) is 5.56. The number of nitrogens with zero attached hydrogens (tertiary/aromatic N) is 4. The molecule has 0 atom stereocenters. The van der Waals surface area contributed by atoms with Crippen LogP contribution in [0.2, 0.25) is 5.02 Å². The van der Waals surface area contributed by atoms with Gasteiger partial charge in [-0.15, -0.1) is 10.2 Å². The first-order valence-corrected chi connectivity index (χ1v) is 10.1. The van der Waals surface area contributed by atoms with Gasteiger partial charge in [0.25, 0.3) is 0 Å². The predicted molar refractivity (Wildman–Crippen MR) is 116 cm³/mol. The summed E-state index contributed by atoms with van der Waals surface area (Å²) in [6, 6.07) is 19.4. The quantitative estimate of drug-likeness (QED) is 0.463. The van der Waals surface area contributed by atoms with Crippen LogP contribution in [0.3, 0.4) is 0 Å². The van der Waals surface area contributed by atoms with Crippen molar-refractivity contribution < 1.29 is 9.26 Å². The normalized spacial score (nSPS) is 13.2. The molecule has 0 amide bonds. The van der Waals surface area contributed by atoms with Crippen molar-refractivity contribution in [2.75, 3.05) is 18.6 Å².